The summed E-state index contributed by atoms with van der Waals surface area (Å²) in [6.45, 7) is 0.0939. The third-order valence-corrected chi connectivity index (χ3v) is 3.04. The number of anilines is 2. The van der Waals surface area contributed by atoms with Crippen molar-refractivity contribution in [3.05, 3.63) is 22.8 Å². The summed E-state index contributed by atoms with van der Waals surface area (Å²) in [5.41, 5.74) is 15.8. The number of aliphatic hydroxyl groups excluding tert-OH is 3. The normalized spacial score (nSPS) is 10.8. The quantitative estimate of drug-likeness (QED) is 0.434. The van der Waals surface area contributed by atoms with E-state index in [4.69, 9.17) is 26.8 Å². The number of nitrogen functional groups attached to an aromatic ring is 2. The first-order chi connectivity index (χ1) is 8.65. The largest absolute Gasteiger partial charge is 0.398 e. The molecule has 1 aromatic rings. The van der Waals surface area contributed by atoms with Crippen molar-refractivity contribution in [2.45, 2.75) is 25.7 Å². The molecule has 0 heterocycles. The standard InChI is InChI=1S/C13H22N2O3/c14-12-8-9(2-1-5-16)13(15)11(4-7-18)10(12)3-6-17/h8,16-18H,1-7,14-15H2. The van der Waals surface area contributed by atoms with Gasteiger partial charge in [0.2, 0.25) is 0 Å². The van der Waals surface area contributed by atoms with Crippen LogP contribution in [0.25, 0.3) is 0 Å². The summed E-state index contributed by atoms with van der Waals surface area (Å²) >= 11 is 0. The molecule has 0 saturated heterocycles. The van der Waals surface area contributed by atoms with Crippen molar-refractivity contribution in [1.82, 2.24) is 0 Å². The van der Waals surface area contributed by atoms with Crippen LogP contribution in [0.5, 0.6) is 0 Å². The fraction of sp³-hybridized carbons (Fsp3) is 0.538. The zero-order chi connectivity index (χ0) is 13.5. The number of aryl methyl sites for hydroxylation is 1. The summed E-state index contributed by atoms with van der Waals surface area (Å²) in [6.07, 6.45) is 2.15. The minimum atomic E-state index is -0.00841. The number of aliphatic hydroxyl groups is 3. The Morgan fingerprint density at radius 1 is 0.833 bits per heavy atom. The molecule has 102 valence electrons. The Labute approximate surface area is 107 Å². The molecule has 0 unspecified atom stereocenters. The molecule has 0 saturated carbocycles. The first-order valence-electron chi connectivity index (χ1n) is 6.16. The van der Waals surface area contributed by atoms with E-state index >= 15 is 0 Å². The van der Waals surface area contributed by atoms with E-state index in [0.29, 0.717) is 37.1 Å². The zero-order valence-electron chi connectivity index (χ0n) is 10.5. The summed E-state index contributed by atoms with van der Waals surface area (Å²) in [4.78, 5) is 0. The molecule has 1 aromatic carbocycles. The molecule has 7 N–H and O–H groups in total. The van der Waals surface area contributed by atoms with Crippen molar-refractivity contribution in [2.75, 3.05) is 31.3 Å². The van der Waals surface area contributed by atoms with Crippen LogP contribution in [0, 0.1) is 0 Å². The maximum atomic E-state index is 9.10. The second-order valence-corrected chi connectivity index (χ2v) is 4.27. The Morgan fingerprint density at radius 3 is 2.00 bits per heavy atom. The van der Waals surface area contributed by atoms with Gasteiger partial charge in [-0.3, -0.25) is 0 Å². The van der Waals surface area contributed by atoms with Crippen LogP contribution in [0.15, 0.2) is 6.07 Å². The lowest BCUT2D eigenvalue weighted by atomic mass is 9.93. The predicted octanol–water partition coefficient (Wildman–Crippen LogP) is -0.154. The molecule has 0 spiro atoms. The number of nitrogens with two attached hydrogens (primary N) is 2. The molecule has 0 atom stereocenters. The smallest absolute Gasteiger partial charge is 0.0472 e. The summed E-state index contributed by atoms with van der Waals surface area (Å²) in [5, 5.41) is 27.0. The average Bonchev–Trinajstić information content (AvgIpc) is 2.36. The van der Waals surface area contributed by atoms with E-state index in [1.807, 2.05) is 0 Å². The molecule has 5 nitrogen and oxygen atoms in total. The molecule has 18 heavy (non-hydrogen) atoms. The third-order valence-electron chi connectivity index (χ3n) is 3.04. The van der Waals surface area contributed by atoms with Crippen molar-refractivity contribution in [1.29, 1.82) is 0 Å². The van der Waals surface area contributed by atoms with Crippen molar-refractivity contribution in [3.63, 3.8) is 0 Å². The highest BCUT2D eigenvalue weighted by atomic mass is 16.3. The molecule has 0 bridgehead atoms. The van der Waals surface area contributed by atoms with Crippen LogP contribution in [-0.4, -0.2) is 35.1 Å². The Bertz CT molecular complexity index is 394. The maximum Gasteiger partial charge on any atom is 0.0472 e. The summed E-state index contributed by atoms with van der Waals surface area (Å²) in [5.74, 6) is 0. The van der Waals surface area contributed by atoms with Crippen LogP contribution in [0.1, 0.15) is 23.1 Å². The van der Waals surface area contributed by atoms with Gasteiger partial charge in [0.1, 0.15) is 0 Å². The fourth-order valence-electron chi connectivity index (χ4n) is 2.16. The maximum absolute atomic E-state index is 9.10. The monoisotopic (exact) mass is 254 g/mol. The second-order valence-electron chi connectivity index (χ2n) is 4.27. The van der Waals surface area contributed by atoms with Gasteiger partial charge in [-0.25, -0.2) is 0 Å². The number of rotatable bonds is 7. The summed E-state index contributed by atoms with van der Waals surface area (Å²) in [7, 11) is 0. The Kier molecular flexibility index (Phi) is 5.91. The minimum Gasteiger partial charge on any atom is -0.398 e. The molecule has 1 rings (SSSR count). The SMILES string of the molecule is Nc1cc(CCCO)c(N)c(CCO)c1CCO. The van der Waals surface area contributed by atoms with Gasteiger partial charge in [0.15, 0.2) is 0 Å². The number of hydrogen-bond acceptors (Lipinski definition) is 5. The van der Waals surface area contributed by atoms with Crippen molar-refractivity contribution < 1.29 is 15.3 Å². The Balaban J connectivity index is 3.17. The summed E-state index contributed by atoms with van der Waals surface area (Å²) in [6, 6.07) is 1.80. The van der Waals surface area contributed by atoms with Gasteiger partial charge in [-0.15, -0.1) is 0 Å². The first-order valence-corrected chi connectivity index (χ1v) is 6.16. The van der Waals surface area contributed by atoms with E-state index in [-0.39, 0.29) is 19.8 Å². The van der Waals surface area contributed by atoms with Crippen molar-refractivity contribution in [3.8, 4) is 0 Å². The molecule has 0 aliphatic carbocycles. The molecule has 0 fully saturated rings. The van der Waals surface area contributed by atoms with Gasteiger partial charge >= 0.3 is 0 Å². The molecule has 0 radical (unpaired) electrons. The Morgan fingerprint density at radius 2 is 1.44 bits per heavy atom. The van der Waals surface area contributed by atoms with Gasteiger partial charge < -0.3 is 26.8 Å². The molecular formula is C13H22N2O3. The minimum absolute atomic E-state index is 0.00193. The van der Waals surface area contributed by atoms with E-state index in [0.717, 1.165) is 16.7 Å². The van der Waals surface area contributed by atoms with Crippen LogP contribution >= 0.6 is 0 Å². The average molecular weight is 254 g/mol. The number of hydrogen-bond donors (Lipinski definition) is 5. The van der Waals surface area contributed by atoms with Crippen molar-refractivity contribution in [2.24, 2.45) is 0 Å². The second kappa shape index (κ2) is 7.20. The van der Waals surface area contributed by atoms with Crippen LogP contribution in [0.2, 0.25) is 0 Å². The molecule has 5 heteroatoms. The highest BCUT2D eigenvalue weighted by Crippen LogP contribution is 2.29. The van der Waals surface area contributed by atoms with E-state index < -0.39 is 0 Å². The van der Waals surface area contributed by atoms with Crippen LogP contribution in [0.3, 0.4) is 0 Å². The van der Waals surface area contributed by atoms with Gasteiger partial charge in [-0.2, -0.15) is 0 Å². The predicted molar refractivity (Wildman–Crippen MR) is 72.3 cm³/mol. The molecule has 0 aliphatic heterocycles. The summed E-state index contributed by atoms with van der Waals surface area (Å²) < 4.78 is 0. The third kappa shape index (κ3) is 3.35. The zero-order valence-corrected chi connectivity index (χ0v) is 10.5. The van der Waals surface area contributed by atoms with E-state index in [1.54, 1.807) is 6.07 Å². The number of benzene rings is 1. The Hall–Kier alpha value is -1.30. The van der Waals surface area contributed by atoms with Gasteiger partial charge in [-0.05, 0) is 48.4 Å². The first kappa shape index (κ1) is 14.8. The van der Waals surface area contributed by atoms with Crippen LogP contribution in [0.4, 0.5) is 11.4 Å². The lowest BCUT2D eigenvalue weighted by Crippen LogP contribution is -2.11. The van der Waals surface area contributed by atoms with E-state index in [2.05, 4.69) is 0 Å². The molecule has 0 aromatic heterocycles. The van der Waals surface area contributed by atoms with Crippen molar-refractivity contribution >= 4 is 11.4 Å². The molecule has 0 amide bonds. The van der Waals surface area contributed by atoms with Crippen LogP contribution in [-0.2, 0) is 19.3 Å². The van der Waals surface area contributed by atoms with Gasteiger partial charge in [0, 0.05) is 31.2 Å². The van der Waals surface area contributed by atoms with E-state index in [9.17, 15) is 0 Å². The van der Waals surface area contributed by atoms with E-state index in [1.165, 1.54) is 0 Å². The lowest BCUT2D eigenvalue weighted by Gasteiger charge is -2.17. The highest BCUT2D eigenvalue weighted by Gasteiger charge is 2.14. The lowest BCUT2D eigenvalue weighted by molar-refractivity contribution is 0.288. The molecular weight excluding hydrogens is 232 g/mol. The van der Waals surface area contributed by atoms with Gasteiger partial charge in [0.05, 0.1) is 0 Å². The molecule has 0 aliphatic rings. The fourth-order valence-corrected chi connectivity index (χ4v) is 2.16. The highest BCUT2D eigenvalue weighted by molar-refractivity contribution is 5.66. The van der Waals surface area contributed by atoms with Crippen LogP contribution < -0.4 is 11.5 Å². The topological polar surface area (TPSA) is 113 Å². The van der Waals surface area contributed by atoms with Gasteiger partial charge in [-0.1, -0.05) is 0 Å². The van der Waals surface area contributed by atoms with Gasteiger partial charge in [0.25, 0.3) is 0 Å².